The molecule has 0 saturated heterocycles. The maximum atomic E-state index is 5.66. The predicted molar refractivity (Wildman–Crippen MR) is 85.6 cm³/mol. The third kappa shape index (κ3) is 2.51. The number of benzene rings is 1. The largest absolute Gasteiger partial charge is 0.361 e. The number of hydrogen-bond donors (Lipinski definition) is 2. The average Bonchev–Trinajstić information content (AvgIpc) is 2.92. The molecule has 2 heterocycles. The quantitative estimate of drug-likeness (QED) is 0.896. The van der Waals surface area contributed by atoms with E-state index in [1.54, 1.807) is 0 Å². The lowest BCUT2D eigenvalue weighted by Crippen LogP contribution is -2.37. The summed E-state index contributed by atoms with van der Waals surface area (Å²) in [6.45, 7) is 5.22. The van der Waals surface area contributed by atoms with Crippen LogP contribution in [0.3, 0.4) is 0 Å². The SMILES string of the molecule is CC(CCN)N1CC=C(c2c[nH]c3ccccc23)CC1. The normalized spacial score (nSPS) is 18.2. The molecule has 0 spiro atoms. The highest BCUT2D eigenvalue weighted by Crippen LogP contribution is 2.29. The average molecular weight is 269 g/mol. The number of hydrogen-bond acceptors (Lipinski definition) is 2. The minimum atomic E-state index is 0.584. The first kappa shape index (κ1) is 13.4. The van der Waals surface area contributed by atoms with Gasteiger partial charge in [-0.25, -0.2) is 0 Å². The summed E-state index contributed by atoms with van der Waals surface area (Å²) >= 11 is 0. The highest BCUT2D eigenvalue weighted by Gasteiger charge is 2.18. The zero-order valence-electron chi connectivity index (χ0n) is 12.1. The summed E-state index contributed by atoms with van der Waals surface area (Å²) in [5.74, 6) is 0. The molecule has 1 atom stereocenters. The predicted octanol–water partition coefficient (Wildman–Crippen LogP) is 2.99. The Morgan fingerprint density at radius 2 is 2.20 bits per heavy atom. The molecule has 3 nitrogen and oxygen atoms in total. The molecule has 3 N–H and O–H groups in total. The number of H-pyrrole nitrogens is 1. The van der Waals surface area contributed by atoms with E-state index in [0.717, 1.165) is 32.5 Å². The number of nitrogens with one attached hydrogen (secondary N) is 1. The summed E-state index contributed by atoms with van der Waals surface area (Å²) in [5, 5.41) is 1.34. The van der Waals surface area contributed by atoms with E-state index in [-0.39, 0.29) is 0 Å². The number of nitrogens with two attached hydrogens (primary N) is 1. The van der Waals surface area contributed by atoms with E-state index in [9.17, 15) is 0 Å². The Bertz CT molecular complexity index is 611. The van der Waals surface area contributed by atoms with Gasteiger partial charge in [-0.3, -0.25) is 4.90 Å². The first-order chi connectivity index (χ1) is 9.79. The number of nitrogens with zero attached hydrogens (tertiary/aromatic N) is 1. The zero-order valence-corrected chi connectivity index (χ0v) is 12.1. The fourth-order valence-corrected chi connectivity index (χ4v) is 3.09. The van der Waals surface area contributed by atoms with Crippen LogP contribution in [0.25, 0.3) is 16.5 Å². The van der Waals surface area contributed by atoms with Crippen molar-refractivity contribution in [1.29, 1.82) is 0 Å². The van der Waals surface area contributed by atoms with Crippen LogP contribution in [0.15, 0.2) is 36.5 Å². The van der Waals surface area contributed by atoms with E-state index in [0.29, 0.717) is 6.04 Å². The molecular formula is C17H23N3. The van der Waals surface area contributed by atoms with Gasteiger partial charge in [0.25, 0.3) is 0 Å². The molecule has 1 aromatic carbocycles. The monoisotopic (exact) mass is 269 g/mol. The van der Waals surface area contributed by atoms with Gasteiger partial charge in [0.2, 0.25) is 0 Å². The van der Waals surface area contributed by atoms with Crippen LogP contribution < -0.4 is 5.73 Å². The van der Waals surface area contributed by atoms with Gasteiger partial charge in [0.05, 0.1) is 0 Å². The molecule has 0 bridgehead atoms. The Morgan fingerprint density at radius 1 is 1.35 bits per heavy atom. The second-order valence-corrected chi connectivity index (χ2v) is 5.65. The van der Waals surface area contributed by atoms with E-state index >= 15 is 0 Å². The van der Waals surface area contributed by atoms with Gasteiger partial charge in [0, 0.05) is 41.8 Å². The molecule has 0 saturated carbocycles. The lowest BCUT2D eigenvalue weighted by molar-refractivity contribution is 0.222. The Balaban J connectivity index is 1.79. The molecule has 1 unspecified atom stereocenters. The summed E-state index contributed by atoms with van der Waals surface area (Å²) in [4.78, 5) is 5.89. The van der Waals surface area contributed by atoms with Crippen molar-refractivity contribution >= 4 is 16.5 Å². The summed E-state index contributed by atoms with van der Waals surface area (Å²) < 4.78 is 0. The maximum absolute atomic E-state index is 5.66. The van der Waals surface area contributed by atoms with Gasteiger partial charge in [-0.15, -0.1) is 0 Å². The fraction of sp³-hybridized carbons (Fsp3) is 0.412. The highest BCUT2D eigenvalue weighted by atomic mass is 15.1. The molecule has 0 radical (unpaired) electrons. The minimum Gasteiger partial charge on any atom is -0.361 e. The molecule has 0 fully saturated rings. The molecule has 0 amide bonds. The van der Waals surface area contributed by atoms with Crippen LogP contribution in [0, 0.1) is 0 Å². The van der Waals surface area contributed by atoms with Crippen molar-refractivity contribution in [3.05, 3.63) is 42.1 Å². The number of aromatic nitrogens is 1. The zero-order chi connectivity index (χ0) is 13.9. The molecule has 1 aromatic heterocycles. The van der Waals surface area contributed by atoms with E-state index in [1.165, 1.54) is 22.0 Å². The first-order valence-electron chi connectivity index (χ1n) is 7.49. The molecule has 106 valence electrons. The van der Waals surface area contributed by atoms with E-state index in [1.807, 2.05) is 0 Å². The lowest BCUT2D eigenvalue weighted by Gasteiger charge is -2.31. The van der Waals surface area contributed by atoms with E-state index < -0.39 is 0 Å². The van der Waals surface area contributed by atoms with Gasteiger partial charge < -0.3 is 10.7 Å². The molecule has 20 heavy (non-hydrogen) atoms. The van der Waals surface area contributed by atoms with Gasteiger partial charge in [0.1, 0.15) is 0 Å². The van der Waals surface area contributed by atoms with Crippen molar-refractivity contribution in [1.82, 2.24) is 9.88 Å². The topological polar surface area (TPSA) is 45.0 Å². The summed E-state index contributed by atoms with van der Waals surface area (Å²) in [5.41, 5.74) is 9.72. The van der Waals surface area contributed by atoms with Gasteiger partial charge in [-0.1, -0.05) is 24.3 Å². The van der Waals surface area contributed by atoms with Gasteiger partial charge >= 0.3 is 0 Å². The third-order valence-corrected chi connectivity index (χ3v) is 4.38. The van der Waals surface area contributed by atoms with Crippen LogP contribution in [0.2, 0.25) is 0 Å². The molecule has 1 aliphatic heterocycles. The molecule has 0 aliphatic carbocycles. The minimum absolute atomic E-state index is 0.584. The Labute approximate surface area is 120 Å². The third-order valence-electron chi connectivity index (χ3n) is 4.38. The highest BCUT2D eigenvalue weighted by molar-refractivity contribution is 5.92. The molecule has 2 aromatic rings. The van der Waals surface area contributed by atoms with Gasteiger partial charge in [-0.05, 0) is 37.9 Å². The number of para-hydroxylation sites is 1. The number of aromatic amines is 1. The van der Waals surface area contributed by atoms with Crippen LogP contribution in [0.5, 0.6) is 0 Å². The van der Waals surface area contributed by atoms with Crippen molar-refractivity contribution in [3.63, 3.8) is 0 Å². The standard InChI is InChI=1S/C17H23N3/c1-13(6-9-18)20-10-7-14(8-11-20)16-12-19-17-5-3-2-4-15(16)17/h2-5,7,12-13,19H,6,8-11,18H2,1H3. The second kappa shape index (κ2) is 5.81. The van der Waals surface area contributed by atoms with Crippen molar-refractivity contribution < 1.29 is 0 Å². The van der Waals surface area contributed by atoms with Crippen molar-refractivity contribution in [2.45, 2.75) is 25.8 Å². The maximum Gasteiger partial charge on any atom is 0.0460 e. The molecule has 3 heteroatoms. The molecular weight excluding hydrogens is 246 g/mol. The Morgan fingerprint density at radius 3 is 2.95 bits per heavy atom. The summed E-state index contributed by atoms with van der Waals surface area (Å²) in [6.07, 6.45) is 6.73. The van der Waals surface area contributed by atoms with Gasteiger partial charge in [-0.2, -0.15) is 0 Å². The van der Waals surface area contributed by atoms with Crippen LogP contribution in [0.1, 0.15) is 25.3 Å². The van der Waals surface area contributed by atoms with Crippen LogP contribution in [-0.2, 0) is 0 Å². The van der Waals surface area contributed by atoms with Crippen LogP contribution in [0.4, 0.5) is 0 Å². The second-order valence-electron chi connectivity index (χ2n) is 5.65. The first-order valence-corrected chi connectivity index (χ1v) is 7.49. The van der Waals surface area contributed by atoms with Crippen molar-refractivity contribution in [3.8, 4) is 0 Å². The Hall–Kier alpha value is -1.58. The molecule has 1 aliphatic rings. The van der Waals surface area contributed by atoms with E-state index in [4.69, 9.17) is 5.73 Å². The lowest BCUT2D eigenvalue weighted by atomic mass is 9.98. The number of fused-ring (bicyclic) bond motifs is 1. The number of rotatable bonds is 4. The van der Waals surface area contributed by atoms with Gasteiger partial charge in [0.15, 0.2) is 0 Å². The fourth-order valence-electron chi connectivity index (χ4n) is 3.09. The summed E-state index contributed by atoms with van der Waals surface area (Å²) in [7, 11) is 0. The van der Waals surface area contributed by atoms with E-state index in [2.05, 4.69) is 53.3 Å². The van der Waals surface area contributed by atoms with Crippen LogP contribution >= 0.6 is 0 Å². The van der Waals surface area contributed by atoms with Crippen molar-refractivity contribution in [2.75, 3.05) is 19.6 Å². The van der Waals surface area contributed by atoms with Crippen LogP contribution in [-0.4, -0.2) is 35.6 Å². The van der Waals surface area contributed by atoms with Crippen molar-refractivity contribution in [2.24, 2.45) is 5.73 Å². The smallest absolute Gasteiger partial charge is 0.0460 e. The Kier molecular flexibility index (Phi) is 3.90. The summed E-state index contributed by atoms with van der Waals surface area (Å²) in [6, 6.07) is 9.11. The molecule has 3 rings (SSSR count).